The molecule has 2 rings (SSSR count). The Morgan fingerprint density at radius 2 is 2.09 bits per heavy atom. The summed E-state index contributed by atoms with van der Waals surface area (Å²) >= 11 is 4.29. The van der Waals surface area contributed by atoms with Crippen molar-refractivity contribution < 1.29 is 22.7 Å². The second-order valence-corrected chi connectivity index (χ2v) is 7.85. The number of carbonyl (C=O) groups excluding carboxylic acids is 2. The van der Waals surface area contributed by atoms with E-state index in [-0.39, 0.29) is 31.5 Å². The number of hydrogen-bond acceptors (Lipinski definition) is 6. The van der Waals surface area contributed by atoms with Crippen LogP contribution in [-0.4, -0.2) is 78.5 Å². The molecular weight excluding hydrogens is 330 g/mol. The molecule has 22 heavy (non-hydrogen) atoms. The number of thiol groups is 1. The predicted molar refractivity (Wildman–Crippen MR) is 82.7 cm³/mol. The summed E-state index contributed by atoms with van der Waals surface area (Å²) in [6, 6.07) is -0.874. The molecule has 2 amide bonds. The molecule has 124 valence electrons. The van der Waals surface area contributed by atoms with Gasteiger partial charge in [0, 0.05) is 25.4 Å². The molecule has 0 radical (unpaired) electrons. The number of likely N-dealkylation sites (tertiary alicyclic amines) is 1. The number of hydrogen-bond donors (Lipinski definition) is 1. The molecule has 2 saturated heterocycles. The Bertz CT molecular complexity index is 579. The number of likely N-dealkylation sites (N-methyl/N-ethyl adjacent to an activating group) is 1. The van der Waals surface area contributed by atoms with Crippen molar-refractivity contribution in [1.29, 1.82) is 0 Å². The van der Waals surface area contributed by atoms with Gasteiger partial charge < -0.3 is 4.74 Å². The summed E-state index contributed by atoms with van der Waals surface area (Å²) in [6.45, 7) is 4.04. The van der Waals surface area contributed by atoms with Crippen LogP contribution in [0, 0.1) is 0 Å². The topological polar surface area (TPSA) is 87.2 Å². The van der Waals surface area contributed by atoms with E-state index in [2.05, 4.69) is 19.2 Å². The van der Waals surface area contributed by atoms with Crippen LogP contribution in [0.15, 0.2) is 12.7 Å². The lowest BCUT2D eigenvalue weighted by molar-refractivity contribution is -0.130. The monoisotopic (exact) mass is 349 g/mol. The number of rotatable bonds is 3. The third kappa shape index (κ3) is 3.08. The zero-order valence-corrected chi connectivity index (χ0v) is 13.9. The van der Waals surface area contributed by atoms with Crippen LogP contribution < -0.4 is 0 Å². The lowest BCUT2D eigenvalue weighted by Crippen LogP contribution is -2.49. The minimum absolute atomic E-state index is 0.0260. The van der Waals surface area contributed by atoms with Crippen LogP contribution in [0.5, 0.6) is 0 Å². The average Bonchev–Trinajstić information content (AvgIpc) is 2.97. The van der Waals surface area contributed by atoms with Crippen molar-refractivity contribution in [3.8, 4) is 0 Å². The van der Waals surface area contributed by atoms with E-state index in [0.717, 1.165) is 8.61 Å². The van der Waals surface area contributed by atoms with Crippen molar-refractivity contribution in [3.63, 3.8) is 0 Å². The summed E-state index contributed by atoms with van der Waals surface area (Å²) in [5.74, 6) is -0.614. The highest BCUT2D eigenvalue weighted by molar-refractivity contribution is 7.87. The minimum atomic E-state index is -3.79. The summed E-state index contributed by atoms with van der Waals surface area (Å²) in [7, 11) is -2.38. The Morgan fingerprint density at radius 1 is 1.41 bits per heavy atom. The molecule has 0 unspecified atom stereocenters. The van der Waals surface area contributed by atoms with E-state index >= 15 is 0 Å². The molecule has 2 aliphatic heterocycles. The van der Waals surface area contributed by atoms with Gasteiger partial charge >= 0.3 is 16.3 Å². The van der Waals surface area contributed by atoms with Crippen LogP contribution in [0.3, 0.4) is 0 Å². The normalized spacial score (nSPS) is 27.9. The standard InChI is InChI=1S/C12H19N3O5S2/c1-3-6-20-12(17)14-8-9(21)7-10(14)11(16)15-5-4-13(2)22(15,18)19/h3,9-10,21H,1,4-8H2,2H3/t9-,10-/m0/s1. The lowest BCUT2D eigenvalue weighted by Gasteiger charge is -2.26. The molecule has 0 aliphatic carbocycles. The minimum Gasteiger partial charge on any atom is -0.445 e. The second-order valence-electron chi connectivity index (χ2n) is 5.16. The summed E-state index contributed by atoms with van der Waals surface area (Å²) in [5.41, 5.74) is 0. The zero-order valence-electron chi connectivity index (χ0n) is 12.2. The van der Waals surface area contributed by atoms with Gasteiger partial charge in [-0.1, -0.05) is 12.7 Å². The van der Waals surface area contributed by atoms with Crippen molar-refractivity contribution in [2.45, 2.75) is 17.7 Å². The van der Waals surface area contributed by atoms with Crippen molar-refractivity contribution in [2.24, 2.45) is 0 Å². The zero-order chi connectivity index (χ0) is 16.5. The van der Waals surface area contributed by atoms with E-state index in [0.29, 0.717) is 6.42 Å². The first-order chi connectivity index (χ1) is 10.3. The van der Waals surface area contributed by atoms with Gasteiger partial charge in [-0.2, -0.15) is 25.4 Å². The highest BCUT2D eigenvalue weighted by Gasteiger charge is 2.46. The summed E-state index contributed by atoms with van der Waals surface area (Å²) < 4.78 is 31.0. The van der Waals surface area contributed by atoms with Crippen LogP contribution in [0.1, 0.15) is 6.42 Å². The third-order valence-electron chi connectivity index (χ3n) is 3.66. The number of nitrogens with zero attached hydrogens (tertiary/aromatic N) is 3. The maximum Gasteiger partial charge on any atom is 0.410 e. The molecule has 0 saturated carbocycles. The van der Waals surface area contributed by atoms with Gasteiger partial charge in [0.05, 0.1) is 6.54 Å². The van der Waals surface area contributed by atoms with Gasteiger partial charge in [0.25, 0.3) is 5.91 Å². The summed E-state index contributed by atoms with van der Waals surface area (Å²) in [4.78, 5) is 25.8. The van der Waals surface area contributed by atoms with E-state index in [1.807, 2.05) is 0 Å². The second kappa shape index (κ2) is 6.47. The molecule has 2 fully saturated rings. The number of carbonyl (C=O) groups is 2. The van der Waals surface area contributed by atoms with E-state index in [1.165, 1.54) is 18.0 Å². The largest absolute Gasteiger partial charge is 0.445 e. The molecule has 2 heterocycles. The average molecular weight is 349 g/mol. The molecular formula is C12H19N3O5S2. The van der Waals surface area contributed by atoms with Crippen molar-refractivity contribution >= 4 is 34.8 Å². The fourth-order valence-electron chi connectivity index (χ4n) is 2.48. The molecule has 2 atom stereocenters. The smallest absolute Gasteiger partial charge is 0.410 e. The summed E-state index contributed by atoms with van der Waals surface area (Å²) in [6.07, 6.45) is 1.05. The molecule has 8 nitrogen and oxygen atoms in total. The highest BCUT2D eigenvalue weighted by atomic mass is 32.2. The van der Waals surface area contributed by atoms with E-state index in [1.54, 1.807) is 0 Å². The van der Waals surface area contributed by atoms with Crippen molar-refractivity contribution in [3.05, 3.63) is 12.7 Å². The van der Waals surface area contributed by atoms with Crippen LogP contribution in [-0.2, 0) is 19.7 Å². The van der Waals surface area contributed by atoms with Gasteiger partial charge in [-0.15, -0.1) is 0 Å². The highest BCUT2D eigenvalue weighted by Crippen LogP contribution is 2.27. The number of amides is 2. The Morgan fingerprint density at radius 3 is 2.64 bits per heavy atom. The molecule has 2 aliphatic rings. The van der Waals surface area contributed by atoms with Crippen LogP contribution in [0.4, 0.5) is 4.79 Å². The van der Waals surface area contributed by atoms with Crippen LogP contribution >= 0.6 is 12.6 Å². The van der Waals surface area contributed by atoms with Gasteiger partial charge in [0.2, 0.25) is 0 Å². The van der Waals surface area contributed by atoms with Gasteiger partial charge in [-0.25, -0.2) is 9.10 Å². The van der Waals surface area contributed by atoms with Crippen molar-refractivity contribution in [2.75, 3.05) is 33.3 Å². The molecule has 0 N–H and O–H groups in total. The van der Waals surface area contributed by atoms with Crippen LogP contribution in [0.25, 0.3) is 0 Å². The van der Waals surface area contributed by atoms with E-state index < -0.39 is 28.3 Å². The fourth-order valence-corrected chi connectivity index (χ4v) is 4.17. The quantitative estimate of drug-likeness (QED) is 0.558. The maximum absolute atomic E-state index is 12.6. The first-order valence-electron chi connectivity index (χ1n) is 6.79. The van der Waals surface area contributed by atoms with Gasteiger partial charge in [-0.05, 0) is 6.42 Å². The molecule has 0 aromatic carbocycles. The number of ether oxygens (including phenoxy) is 1. The molecule has 0 aromatic heterocycles. The van der Waals surface area contributed by atoms with Gasteiger partial charge in [-0.3, -0.25) is 9.69 Å². The van der Waals surface area contributed by atoms with Gasteiger partial charge in [0.15, 0.2) is 0 Å². The fraction of sp³-hybridized carbons (Fsp3) is 0.667. The predicted octanol–water partition coefficient (Wildman–Crippen LogP) is -0.299. The molecule has 0 spiro atoms. The van der Waals surface area contributed by atoms with Crippen molar-refractivity contribution in [1.82, 2.24) is 13.5 Å². The molecule has 0 aromatic rings. The lowest BCUT2D eigenvalue weighted by atomic mass is 10.2. The Balaban J connectivity index is 2.16. The first-order valence-corrected chi connectivity index (χ1v) is 8.70. The van der Waals surface area contributed by atoms with Crippen LogP contribution in [0.2, 0.25) is 0 Å². The summed E-state index contributed by atoms with van der Waals surface area (Å²) in [5, 5.41) is -0.201. The van der Waals surface area contributed by atoms with E-state index in [4.69, 9.17) is 4.74 Å². The molecule has 10 heteroatoms. The SMILES string of the molecule is C=CCOC(=O)N1C[C@@H](S)C[C@H]1C(=O)N1CCN(C)S1(=O)=O. The first kappa shape index (κ1) is 17.1. The molecule has 0 bridgehead atoms. The Kier molecular flexibility index (Phi) is 5.03. The maximum atomic E-state index is 12.6. The van der Waals surface area contributed by atoms with E-state index in [9.17, 15) is 18.0 Å². The van der Waals surface area contributed by atoms with Gasteiger partial charge in [0.1, 0.15) is 12.6 Å². The Hall–Kier alpha value is -1.26. The third-order valence-corrected chi connectivity index (χ3v) is 5.92. The Labute approximate surface area is 135 Å².